The molecule has 2 rings (SSSR count). The average Bonchev–Trinajstić information content (AvgIpc) is 2.87. The summed E-state index contributed by atoms with van der Waals surface area (Å²) in [6.07, 6.45) is 3.55. The fourth-order valence-corrected chi connectivity index (χ4v) is 3.08. The summed E-state index contributed by atoms with van der Waals surface area (Å²) in [5.74, 6) is 0. The Morgan fingerprint density at radius 2 is 2.11 bits per heavy atom. The van der Waals surface area contributed by atoms with Crippen LogP contribution in [0.25, 0.3) is 0 Å². The number of aliphatic hydroxyl groups is 1. The first-order valence-corrected chi connectivity index (χ1v) is 7.31. The monoisotopic (exact) mass is 262 g/mol. The minimum Gasteiger partial charge on any atom is -0.394 e. The molecular weight excluding hydrogens is 236 g/mol. The van der Waals surface area contributed by atoms with Crippen LogP contribution in [0.1, 0.15) is 31.7 Å². The van der Waals surface area contributed by atoms with Crippen molar-refractivity contribution in [2.45, 2.75) is 37.8 Å². The Kier molecular flexibility index (Phi) is 4.97. The quantitative estimate of drug-likeness (QED) is 0.823. The molecule has 2 N–H and O–H groups in total. The molecule has 3 heteroatoms. The van der Waals surface area contributed by atoms with Crippen LogP contribution in [0.4, 0.5) is 0 Å². The molecule has 2 atom stereocenters. The van der Waals surface area contributed by atoms with E-state index in [1.54, 1.807) is 0 Å². The Labute approximate surface area is 116 Å². The van der Waals surface area contributed by atoms with Gasteiger partial charge in [0.15, 0.2) is 0 Å². The zero-order valence-corrected chi connectivity index (χ0v) is 12.1. The van der Waals surface area contributed by atoms with Crippen molar-refractivity contribution in [3.05, 3.63) is 35.9 Å². The Morgan fingerprint density at radius 1 is 1.37 bits per heavy atom. The van der Waals surface area contributed by atoms with Gasteiger partial charge < -0.3 is 15.3 Å². The molecule has 0 radical (unpaired) electrons. The third kappa shape index (κ3) is 3.16. The molecule has 1 aliphatic heterocycles. The van der Waals surface area contributed by atoms with Crippen LogP contribution in [0.3, 0.4) is 0 Å². The van der Waals surface area contributed by atoms with Crippen LogP contribution in [0, 0.1) is 0 Å². The van der Waals surface area contributed by atoms with Crippen molar-refractivity contribution in [2.75, 3.05) is 26.7 Å². The fraction of sp³-hybridized carbons (Fsp3) is 0.625. The maximum absolute atomic E-state index is 9.89. The van der Waals surface area contributed by atoms with Gasteiger partial charge in [-0.15, -0.1) is 0 Å². The van der Waals surface area contributed by atoms with E-state index in [4.69, 9.17) is 0 Å². The topological polar surface area (TPSA) is 35.5 Å². The van der Waals surface area contributed by atoms with Crippen molar-refractivity contribution in [2.24, 2.45) is 0 Å². The van der Waals surface area contributed by atoms with Crippen LogP contribution >= 0.6 is 0 Å². The minimum absolute atomic E-state index is 0.135. The van der Waals surface area contributed by atoms with Gasteiger partial charge in [0.05, 0.1) is 12.1 Å². The number of nitrogens with zero attached hydrogens (tertiary/aromatic N) is 1. The van der Waals surface area contributed by atoms with Crippen LogP contribution in [-0.2, 0) is 5.54 Å². The number of hydrogen-bond acceptors (Lipinski definition) is 3. The molecule has 3 nitrogen and oxygen atoms in total. The molecule has 0 bridgehead atoms. The van der Waals surface area contributed by atoms with E-state index in [1.807, 2.05) is 25.2 Å². The molecule has 1 aromatic rings. The van der Waals surface area contributed by atoms with E-state index in [1.165, 1.54) is 24.9 Å². The maximum Gasteiger partial charge on any atom is 0.0678 e. The average molecular weight is 262 g/mol. The molecule has 1 fully saturated rings. The molecule has 106 valence electrons. The molecule has 2 unspecified atom stereocenters. The molecule has 19 heavy (non-hydrogen) atoms. The third-order valence-corrected chi connectivity index (χ3v) is 4.59. The first-order chi connectivity index (χ1) is 9.22. The number of rotatable bonds is 6. The van der Waals surface area contributed by atoms with Gasteiger partial charge in [0.2, 0.25) is 0 Å². The molecule has 1 aliphatic rings. The van der Waals surface area contributed by atoms with Gasteiger partial charge in [0.25, 0.3) is 0 Å². The van der Waals surface area contributed by atoms with E-state index >= 15 is 0 Å². The van der Waals surface area contributed by atoms with Gasteiger partial charge in [-0.25, -0.2) is 0 Å². The first kappa shape index (κ1) is 14.5. The van der Waals surface area contributed by atoms with Gasteiger partial charge in [-0.05, 0) is 45.3 Å². The highest BCUT2D eigenvalue weighted by atomic mass is 16.3. The lowest BCUT2D eigenvalue weighted by Gasteiger charge is -2.34. The van der Waals surface area contributed by atoms with Gasteiger partial charge in [-0.3, -0.25) is 0 Å². The van der Waals surface area contributed by atoms with Crippen molar-refractivity contribution >= 4 is 0 Å². The smallest absolute Gasteiger partial charge is 0.0678 e. The summed E-state index contributed by atoms with van der Waals surface area (Å²) in [4.78, 5) is 2.53. The summed E-state index contributed by atoms with van der Waals surface area (Å²) in [6, 6.07) is 11.0. The van der Waals surface area contributed by atoms with Gasteiger partial charge in [0.1, 0.15) is 0 Å². The highest BCUT2D eigenvalue weighted by Crippen LogP contribution is 2.26. The van der Waals surface area contributed by atoms with Gasteiger partial charge in [-0.1, -0.05) is 30.3 Å². The largest absolute Gasteiger partial charge is 0.394 e. The second kappa shape index (κ2) is 6.51. The Hall–Kier alpha value is -0.900. The maximum atomic E-state index is 9.89. The Bertz CT molecular complexity index is 376. The Balaban J connectivity index is 2.07. The lowest BCUT2D eigenvalue weighted by Crippen LogP contribution is -2.46. The number of likely N-dealkylation sites (tertiary alicyclic amines) is 1. The van der Waals surface area contributed by atoms with E-state index in [9.17, 15) is 5.11 Å². The van der Waals surface area contributed by atoms with Crippen LogP contribution in [0.2, 0.25) is 0 Å². The van der Waals surface area contributed by atoms with Crippen molar-refractivity contribution in [3.8, 4) is 0 Å². The van der Waals surface area contributed by atoms with E-state index in [0.29, 0.717) is 6.04 Å². The van der Waals surface area contributed by atoms with E-state index in [-0.39, 0.29) is 12.1 Å². The highest BCUT2D eigenvalue weighted by Gasteiger charge is 2.31. The lowest BCUT2D eigenvalue weighted by molar-refractivity contribution is 0.137. The summed E-state index contributed by atoms with van der Waals surface area (Å²) in [5, 5.41) is 13.2. The van der Waals surface area contributed by atoms with Crippen molar-refractivity contribution in [1.29, 1.82) is 0 Å². The highest BCUT2D eigenvalue weighted by molar-refractivity contribution is 5.24. The molecule has 0 aromatic heterocycles. The van der Waals surface area contributed by atoms with Gasteiger partial charge >= 0.3 is 0 Å². The van der Waals surface area contributed by atoms with Gasteiger partial charge in [-0.2, -0.15) is 0 Å². The number of hydrogen-bond donors (Lipinski definition) is 2. The van der Waals surface area contributed by atoms with E-state index < -0.39 is 0 Å². The second-order valence-corrected chi connectivity index (χ2v) is 5.63. The molecule has 0 spiro atoms. The zero-order chi connectivity index (χ0) is 13.7. The summed E-state index contributed by atoms with van der Waals surface area (Å²) in [7, 11) is 1.94. The molecule has 0 saturated carbocycles. The number of benzene rings is 1. The molecular formula is C16H26N2O. The van der Waals surface area contributed by atoms with Crippen LogP contribution in [0.15, 0.2) is 30.3 Å². The standard InChI is InChI=1S/C16H26N2O/c1-14-7-6-11-18(14)12-10-16(13-19,17-2)15-8-4-3-5-9-15/h3-5,8-9,14,17,19H,6-7,10-13H2,1-2H3. The Morgan fingerprint density at radius 3 is 2.63 bits per heavy atom. The third-order valence-electron chi connectivity index (χ3n) is 4.59. The number of aliphatic hydroxyl groups excluding tert-OH is 1. The SMILES string of the molecule is CNC(CO)(CCN1CCCC1C)c1ccccc1. The minimum atomic E-state index is -0.316. The summed E-state index contributed by atoms with van der Waals surface area (Å²) in [6.45, 7) is 4.67. The first-order valence-electron chi connectivity index (χ1n) is 7.31. The lowest BCUT2D eigenvalue weighted by atomic mass is 9.87. The molecule has 0 amide bonds. The molecule has 1 heterocycles. The van der Waals surface area contributed by atoms with Crippen LogP contribution in [0.5, 0.6) is 0 Å². The molecule has 1 aromatic carbocycles. The van der Waals surface area contributed by atoms with Crippen LogP contribution < -0.4 is 5.32 Å². The summed E-state index contributed by atoms with van der Waals surface area (Å²) in [5.41, 5.74) is 0.857. The van der Waals surface area contributed by atoms with Crippen molar-refractivity contribution in [1.82, 2.24) is 10.2 Å². The predicted molar refractivity (Wildman–Crippen MR) is 79.2 cm³/mol. The number of likely N-dealkylation sites (N-methyl/N-ethyl adjacent to an activating group) is 1. The van der Waals surface area contributed by atoms with Gasteiger partial charge in [0, 0.05) is 12.6 Å². The molecule has 1 saturated heterocycles. The predicted octanol–water partition coefficient (Wildman–Crippen LogP) is 1.97. The van der Waals surface area contributed by atoms with E-state index in [0.717, 1.165) is 13.0 Å². The van der Waals surface area contributed by atoms with Crippen molar-refractivity contribution in [3.63, 3.8) is 0 Å². The van der Waals surface area contributed by atoms with Crippen LogP contribution in [-0.4, -0.2) is 42.8 Å². The fourth-order valence-electron chi connectivity index (χ4n) is 3.08. The molecule has 0 aliphatic carbocycles. The zero-order valence-electron chi connectivity index (χ0n) is 12.1. The summed E-state index contributed by atoms with van der Waals surface area (Å²) < 4.78 is 0. The second-order valence-electron chi connectivity index (χ2n) is 5.63. The number of nitrogens with one attached hydrogen (secondary N) is 1. The summed E-state index contributed by atoms with van der Waals surface area (Å²) >= 11 is 0. The van der Waals surface area contributed by atoms with E-state index in [2.05, 4.69) is 29.3 Å². The van der Waals surface area contributed by atoms with Crippen molar-refractivity contribution < 1.29 is 5.11 Å². The normalized spacial score (nSPS) is 23.4.